The molecule has 1 unspecified atom stereocenters. The Morgan fingerprint density at radius 1 is 1.29 bits per heavy atom. The van der Waals surface area contributed by atoms with Gasteiger partial charge in [-0.25, -0.2) is 0 Å². The van der Waals surface area contributed by atoms with Crippen molar-refractivity contribution < 1.29 is 9.00 Å². The van der Waals surface area contributed by atoms with Gasteiger partial charge < -0.3 is 0 Å². The van der Waals surface area contributed by atoms with Crippen LogP contribution in [0.2, 0.25) is 0 Å². The highest BCUT2D eigenvalue weighted by atomic mass is 32.2. The van der Waals surface area contributed by atoms with Gasteiger partial charge >= 0.3 is 0 Å². The number of carbonyl (C=O) groups excluding carboxylic acids is 1. The van der Waals surface area contributed by atoms with Gasteiger partial charge in [0.2, 0.25) is 0 Å². The Bertz CT molecular complexity index is 421. The van der Waals surface area contributed by atoms with Crippen molar-refractivity contribution in [1.29, 1.82) is 0 Å². The van der Waals surface area contributed by atoms with Crippen LogP contribution in [0.5, 0.6) is 0 Å². The van der Waals surface area contributed by atoms with Crippen molar-refractivity contribution in [3.63, 3.8) is 0 Å². The maximum Gasteiger partial charge on any atom is 0.170 e. The van der Waals surface area contributed by atoms with Crippen LogP contribution in [-0.2, 0) is 10.8 Å². The predicted octanol–water partition coefficient (Wildman–Crippen LogP) is 2.02. The van der Waals surface area contributed by atoms with E-state index in [1.165, 1.54) is 0 Å². The molecule has 0 N–H and O–H groups in total. The summed E-state index contributed by atoms with van der Waals surface area (Å²) in [7, 11) is -1.03. The van der Waals surface area contributed by atoms with Crippen LogP contribution in [0, 0.1) is 5.41 Å². The van der Waals surface area contributed by atoms with Crippen molar-refractivity contribution in [3.05, 3.63) is 29.8 Å². The minimum absolute atomic E-state index is 0.104. The average molecular weight is 208 g/mol. The summed E-state index contributed by atoms with van der Waals surface area (Å²) in [6.07, 6.45) is 0. The Labute approximate surface area is 85.8 Å². The van der Waals surface area contributed by atoms with Crippen LogP contribution < -0.4 is 0 Å². The molecule has 0 aliphatic carbocycles. The van der Waals surface area contributed by atoms with E-state index in [0.717, 1.165) is 0 Å². The number of hydrogen-bond donors (Lipinski definition) is 0. The molecule has 0 bridgehead atoms. The maximum atomic E-state index is 11.9. The summed E-state index contributed by atoms with van der Waals surface area (Å²) >= 11 is 0. The van der Waals surface area contributed by atoms with Crippen molar-refractivity contribution in [3.8, 4) is 0 Å². The van der Waals surface area contributed by atoms with E-state index in [2.05, 4.69) is 0 Å². The van der Waals surface area contributed by atoms with Crippen molar-refractivity contribution in [1.82, 2.24) is 0 Å². The smallest absolute Gasteiger partial charge is 0.170 e. The fourth-order valence-electron chi connectivity index (χ4n) is 1.69. The van der Waals surface area contributed by atoms with Gasteiger partial charge in [0.1, 0.15) is 0 Å². The zero-order valence-corrected chi connectivity index (χ0v) is 9.06. The second-order valence-electron chi connectivity index (χ2n) is 4.20. The molecule has 1 atom stereocenters. The average Bonchev–Trinajstić information content (AvgIpc) is 2.14. The topological polar surface area (TPSA) is 34.1 Å². The molecular formula is C11H12O2S. The number of rotatable bonds is 0. The number of ketones is 1. The normalized spacial score (nSPS) is 24.4. The molecule has 0 amide bonds. The summed E-state index contributed by atoms with van der Waals surface area (Å²) in [5.74, 6) is 0.538. The van der Waals surface area contributed by atoms with Crippen LogP contribution in [-0.4, -0.2) is 15.7 Å². The summed E-state index contributed by atoms with van der Waals surface area (Å²) < 4.78 is 11.8. The molecule has 0 fully saturated rings. The van der Waals surface area contributed by atoms with Gasteiger partial charge in [0, 0.05) is 21.6 Å². The number of Topliss-reactive ketones (excluding diaryl/α,β-unsaturated/α-hetero) is 1. The van der Waals surface area contributed by atoms with Gasteiger partial charge in [-0.3, -0.25) is 9.00 Å². The standard InChI is InChI=1S/C11H12O2S/c1-11(2)7-14(13)9-6-4-3-5-8(9)10(11)12/h3-6H,7H2,1-2H3. The van der Waals surface area contributed by atoms with Gasteiger partial charge in [0.05, 0.1) is 10.8 Å². The lowest BCUT2D eigenvalue weighted by Gasteiger charge is -2.28. The Hall–Kier alpha value is -0.960. The summed E-state index contributed by atoms with van der Waals surface area (Å²) in [6.45, 7) is 3.70. The highest BCUT2D eigenvalue weighted by Gasteiger charge is 2.37. The van der Waals surface area contributed by atoms with E-state index in [1.54, 1.807) is 12.1 Å². The van der Waals surface area contributed by atoms with Gasteiger partial charge in [-0.15, -0.1) is 0 Å². The molecule has 2 nitrogen and oxygen atoms in total. The summed E-state index contributed by atoms with van der Waals surface area (Å²) in [5.41, 5.74) is 0.140. The van der Waals surface area contributed by atoms with Gasteiger partial charge in [-0.05, 0) is 6.07 Å². The number of carbonyl (C=O) groups is 1. The molecule has 0 saturated heterocycles. The van der Waals surface area contributed by atoms with Crippen LogP contribution in [0.25, 0.3) is 0 Å². The molecule has 14 heavy (non-hydrogen) atoms. The zero-order valence-electron chi connectivity index (χ0n) is 8.24. The third kappa shape index (κ3) is 1.32. The molecule has 3 heteroatoms. The molecular weight excluding hydrogens is 196 g/mol. The van der Waals surface area contributed by atoms with Crippen LogP contribution in [0.15, 0.2) is 29.2 Å². The first-order chi connectivity index (χ1) is 6.52. The molecule has 2 rings (SSSR count). The van der Waals surface area contributed by atoms with Crippen LogP contribution >= 0.6 is 0 Å². The molecule has 1 aromatic carbocycles. The fraction of sp³-hybridized carbons (Fsp3) is 0.364. The van der Waals surface area contributed by atoms with Crippen LogP contribution in [0.1, 0.15) is 24.2 Å². The lowest BCUT2D eigenvalue weighted by molar-refractivity contribution is 0.0854. The molecule has 1 heterocycles. The number of fused-ring (bicyclic) bond motifs is 1. The van der Waals surface area contributed by atoms with E-state index in [0.29, 0.717) is 16.2 Å². The summed E-state index contributed by atoms with van der Waals surface area (Å²) in [5, 5.41) is 0. The lowest BCUT2D eigenvalue weighted by Crippen LogP contribution is -2.35. The van der Waals surface area contributed by atoms with Crippen LogP contribution in [0.4, 0.5) is 0 Å². The fourth-order valence-corrected chi connectivity index (χ4v) is 3.27. The SMILES string of the molecule is CC1(C)CS(=O)c2ccccc2C1=O. The Balaban J connectivity index is 2.63. The van der Waals surface area contributed by atoms with Gasteiger partial charge in [0.15, 0.2) is 5.78 Å². The van der Waals surface area contributed by atoms with E-state index in [-0.39, 0.29) is 5.78 Å². The minimum Gasteiger partial charge on any atom is -0.294 e. The van der Waals surface area contributed by atoms with Crippen molar-refractivity contribution in [2.24, 2.45) is 5.41 Å². The third-order valence-corrected chi connectivity index (χ3v) is 4.31. The van der Waals surface area contributed by atoms with Crippen LogP contribution in [0.3, 0.4) is 0 Å². The Morgan fingerprint density at radius 2 is 1.93 bits per heavy atom. The number of benzene rings is 1. The first-order valence-electron chi connectivity index (χ1n) is 4.54. The molecule has 0 saturated carbocycles. The molecule has 1 aliphatic rings. The van der Waals surface area contributed by atoms with E-state index in [9.17, 15) is 9.00 Å². The van der Waals surface area contributed by atoms with E-state index in [1.807, 2.05) is 26.0 Å². The number of hydrogen-bond acceptors (Lipinski definition) is 2. The van der Waals surface area contributed by atoms with E-state index >= 15 is 0 Å². The molecule has 0 radical (unpaired) electrons. The third-order valence-electron chi connectivity index (χ3n) is 2.48. The van der Waals surface area contributed by atoms with Gasteiger partial charge in [-0.1, -0.05) is 32.0 Å². The molecule has 0 spiro atoms. The highest BCUT2D eigenvalue weighted by molar-refractivity contribution is 7.85. The van der Waals surface area contributed by atoms with Crippen molar-refractivity contribution in [2.45, 2.75) is 18.7 Å². The lowest BCUT2D eigenvalue weighted by atomic mass is 9.86. The first-order valence-corrected chi connectivity index (χ1v) is 5.86. The monoisotopic (exact) mass is 208 g/mol. The van der Waals surface area contributed by atoms with Gasteiger partial charge in [0.25, 0.3) is 0 Å². The molecule has 74 valence electrons. The van der Waals surface area contributed by atoms with Crippen molar-refractivity contribution in [2.75, 3.05) is 5.75 Å². The summed E-state index contributed by atoms with van der Waals surface area (Å²) in [4.78, 5) is 12.6. The largest absolute Gasteiger partial charge is 0.294 e. The maximum absolute atomic E-state index is 11.9. The van der Waals surface area contributed by atoms with Gasteiger partial charge in [-0.2, -0.15) is 0 Å². The second-order valence-corrected chi connectivity index (χ2v) is 5.62. The molecule has 1 aliphatic heterocycles. The molecule has 1 aromatic rings. The predicted molar refractivity (Wildman–Crippen MR) is 55.8 cm³/mol. The first kappa shape index (κ1) is 9.59. The minimum atomic E-state index is -1.03. The van der Waals surface area contributed by atoms with E-state index < -0.39 is 16.2 Å². The zero-order chi connectivity index (χ0) is 10.3. The quantitative estimate of drug-likeness (QED) is 0.653. The van der Waals surface area contributed by atoms with E-state index in [4.69, 9.17) is 0 Å². The van der Waals surface area contributed by atoms with Crippen molar-refractivity contribution >= 4 is 16.6 Å². The Kier molecular flexibility index (Phi) is 2.07. The summed E-state index contributed by atoms with van der Waals surface area (Å²) in [6, 6.07) is 7.17. The highest BCUT2D eigenvalue weighted by Crippen LogP contribution is 2.32. The molecule has 0 aromatic heterocycles. The Morgan fingerprint density at radius 3 is 2.64 bits per heavy atom. The second kappa shape index (κ2) is 3.02.